The average Bonchev–Trinajstić information content (AvgIpc) is 3.21. The van der Waals surface area contributed by atoms with Crippen molar-refractivity contribution in [2.75, 3.05) is 32.1 Å². The van der Waals surface area contributed by atoms with E-state index >= 15 is 0 Å². The number of carbonyl (C=O) groups excluding carboxylic acids is 2. The van der Waals surface area contributed by atoms with E-state index in [1.807, 2.05) is 31.3 Å². The topological polar surface area (TPSA) is 96.7 Å². The Morgan fingerprint density at radius 2 is 2.04 bits per heavy atom. The molecule has 0 aliphatic carbocycles. The van der Waals surface area contributed by atoms with Gasteiger partial charge in [-0.15, -0.1) is 0 Å². The Morgan fingerprint density at radius 1 is 1.31 bits per heavy atom. The van der Waals surface area contributed by atoms with E-state index in [2.05, 4.69) is 10.4 Å². The number of β-amino-alcohol motifs (C(OH)–C–C–N with tert-alkyl or cyclic N) is 1. The van der Waals surface area contributed by atoms with Crippen molar-refractivity contribution in [3.8, 4) is 5.69 Å². The maximum Gasteiger partial charge on any atom is 0.337 e. The molecule has 2 heterocycles. The zero-order chi connectivity index (χ0) is 18.7. The Balaban J connectivity index is 1.83. The van der Waals surface area contributed by atoms with E-state index in [0.29, 0.717) is 5.69 Å². The number of benzene rings is 1. The van der Waals surface area contributed by atoms with Gasteiger partial charge in [0, 0.05) is 18.4 Å². The van der Waals surface area contributed by atoms with Crippen molar-refractivity contribution < 1.29 is 19.4 Å². The number of nitrogens with zero attached hydrogens (tertiary/aromatic N) is 3. The lowest BCUT2D eigenvalue weighted by atomic mass is 10.2. The molecule has 0 unspecified atom stereocenters. The number of carbonyl (C=O) groups is 2. The molecule has 1 aromatic heterocycles. The highest BCUT2D eigenvalue weighted by Gasteiger charge is 2.34. The second kappa shape index (κ2) is 7.40. The fourth-order valence-electron chi connectivity index (χ4n) is 2.75. The maximum atomic E-state index is 12.5. The summed E-state index contributed by atoms with van der Waals surface area (Å²) < 4.78 is 6.52. The normalized spacial score (nSPS) is 14.1. The summed E-state index contributed by atoms with van der Waals surface area (Å²) in [5, 5.41) is 16.4. The van der Waals surface area contributed by atoms with E-state index in [-0.39, 0.29) is 36.9 Å². The van der Waals surface area contributed by atoms with E-state index in [0.717, 1.165) is 11.4 Å². The number of aryl methyl sites for hydroxylation is 1. The lowest BCUT2D eigenvalue weighted by Crippen LogP contribution is -2.31. The predicted octanol–water partition coefficient (Wildman–Crippen LogP) is 0.854. The van der Waals surface area contributed by atoms with Gasteiger partial charge < -0.3 is 20.1 Å². The molecule has 1 aliphatic rings. The smallest absolute Gasteiger partial charge is 0.337 e. The van der Waals surface area contributed by atoms with Crippen LogP contribution in [0, 0.1) is 6.92 Å². The van der Waals surface area contributed by atoms with Gasteiger partial charge in [-0.25, -0.2) is 9.48 Å². The second-order valence-corrected chi connectivity index (χ2v) is 5.87. The molecule has 26 heavy (non-hydrogen) atoms. The molecule has 1 amide bonds. The van der Waals surface area contributed by atoms with E-state index in [9.17, 15) is 9.59 Å². The number of esters is 1. The highest BCUT2D eigenvalue weighted by atomic mass is 16.5. The minimum absolute atomic E-state index is 0.110. The highest BCUT2D eigenvalue weighted by Crippen LogP contribution is 2.23. The first-order valence-corrected chi connectivity index (χ1v) is 8.15. The monoisotopic (exact) mass is 356 g/mol. The second-order valence-electron chi connectivity index (χ2n) is 5.87. The Bertz CT molecular complexity index is 854. The SMILES string of the molecule is COC(=O)C1=C(Nc2ccc(-n3ccc(C)n3)cc2)C(=O)N(CCO)C1. The third-order valence-electron chi connectivity index (χ3n) is 4.08. The molecule has 1 aromatic carbocycles. The van der Waals surface area contributed by atoms with Gasteiger partial charge >= 0.3 is 5.97 Å². The zero-order valence-electron chi connectivity index (χ0n) is 14.6. The van der Waals surface area contributed by atoms with Gasteiger partial charge in [0.05, 0.1) is 37.2 Å². The lowest BCUT2D eigenvalue weighted by Gasteiger charge is -2.15. The highest BCUT2D eigenvalue weighted by molar-refractivity contribution is 6.08. The van der Waals surface area contributed by atoms with Crippen LogP contribution >= 0.6 is 0 Å². The number of methoxy groups -OCH3 is 1. The van der Waals surface area contributed by atoms with Crippen molar-refractivity contribution in [1.29, 1.82) is 0 Å². The average molecular weight is 356 g/mol. The van der Waals surface area contributed by atoms with Gasteiger partial charge in [-0.2, -0.15) is 5.10 Å². The summed E-state index contributed by atoms with van der Waals surface area (Å²) in [6, 6.07) is 9.23. The summed E-state index contributed by atoms with van der Waals surface area (Å²) in [4.78, 5) is 25.9. The summed E-state index contributed by atoms with van der Waals surface area (Å²) in [6.07, 6.45) is 1.86. The molecule has 0 spiro atoms. The Morgan fingerprint density at radius 3 is 2.62 bits per heavy atom. The zero-order valence-corrected chi connectivity index (χ0v) is 14.6. The van der Waals surface area contributed by atoms with Crippen molar-refractivity contribution in [1.82, 2.24) is 14.7 Å². The number of hydrogen-bond acceptors (Lipinski definition) is 6. The van der Waals surface area contributed by atoms with Crippen LogP contribution in [-0.4, -0.2) is 58.5 Å². The summed E-state index contributed by atoms with van der Waals surface area (Å²) in [5.74, 6) is -0.906. The summed E-state index contributed by atoms with van der Waals surface area (Å²) in [7, 11) is 1.27. The van der Waals surface area contributed by atoms with Gasteiger partial charge in [0.15, 0.2) is 0 Å². The van der Waals surface area contributed by atoms with Crippen molar-refractivity contribution in [2.45, 2.75) is 6.92 Å². The van der Waals surface area contributed by atoms with Crippen molar-refractivity contribution >= 4 is 17.6 Å². The summed E-state index contributed by atoms with van der Waals surface area (Å²) in [6.45, 7) is 2.00. The number of aromatic nitrogens is 2. The third kappa shape index (κ3) is 3.45. The number of aliphatic hydroxyl groups excluding tert-OH is 1. The molecule has 0 bridgehead atoms. The molecule has 1 aliphatic heterocycles. The van der Waals surface area contributed by atoms with Crippen molar-refractivity contribution in [2.24, 2.45) is 0 Å². The number of rotatable bonds is 6. The van der Waals surface area contributed by atoms with Crippen LogP contribution in [0.3, 0.4) is 0 Å². The number of ether oxygens (including phenoxy) is 1. The maximum absolute atomic E-state index is 12.5. The summed E-state index contributed by atoms with van der Waals surface area (Å²) >= 11 is 0. The lowest BCUT2D eigenvalue weighted by molar-refractivity contribution is -0.136. The molecule has 8 heteroatoms. The van der Waals surface area contributed by atoms with Gasteiger partial charge in [0.1, 0.15) is 5.70 Å². The molecule has 0 atom stereocenters. The number of anilines is 1. The fraction of sp³-hybridized carbons (Fsp3) is 0.278. The van der Waals surface area contributed by atoms with E-state index in [1.165, 1.54) is 12.0 Å². The van der Waals surface area contributed by atoms with Gasteiger partial charge in [0.2, 0.25) is 0 Å². The minimum Gasteiger partial charge on any atom is -0.466 e. The third-order valence-corrected chi connectivity index (χ3v) is 4.08. The van der Waals surface area contributed by atoms with Gasteiger partial charge in [-0.05, 0) is 37.3 Å². The van der Waals surface area contributed by atoms with E-state index < -0.39 is 5.97 Å². The number of amides is 1. The Kier molecular flexibility index (Phi) is 5.04. The quantitative estimate of drug-likeness (QED) is 0.745. The van der Waals surface area contributed by atoms with Crippen LogP contribution in [-0.2, 0) is 14.3 Å². The molecule has 136 valence electrons. The van der Waals surface area contributed by atoms with Crippen LogP contribution < -0.4 is 5.32 Å². The molecule has 0 saturated carbocycles. The Hall–Kier alpha value is -3.13. The van der Waals surface area contributed by atoms with Crippen LogP contribution in [0.4, 0.5) is 5.69 Å². The van der Waals surface area contributed by atoms with Crippen LogP contribution in [0.1, 0.15) is 5.69 Å². The largest absolute Gasteiger partial charge is 0.466 e. The van der Waals surface area contributed by atoms with Crippen molar-refractivity contribution in [3.05, 3.63) is 53.5 Å². The van der Waals surface area contributed by atoms with Gasteiger partial charge in [0.25, 0.3) is 5.91 Å². The van der Waals surface area contributed by atoms with Crippen LogP contribution in [0.15, 0.2) is 47.8 Å². The molecule has 3 rings (SSSR count). The molecule has 0 saturated heterocycles. The number of nitrogens with one attached hydrogen (secondary N) is 1. The molecule has 0 radical (unpaired) electrons. The first-order chi connectivity index (χ1) is 12.5. The van der Waals surface area contributed by atoms with Crippen LogP contribution in [0.25, 0.3) is 5.69 Å². The molecule has 0 fully saturated rings. The first-order valence-electron chi connectivity index (χ1n) is 8.15. The van der Waals surface area contributed by atoms with Crippen LogP contribution in [0.2, 0.25) is 0 Å². The fourth-order valence-corrected chi connectivity index (χ4v) is 2.75. The Labute approximate surface area is 150 Å². The van der Waals surface area contributed by atoms with Gasteiger partial charge in [-0.1, -0.05) is 0 Å². The molecule has 8 nitrogen and oxygen atoms in total. The number of aliphatic hydroxyl groups is 1. The minimum atomic E-state index is -0.565. The van der Waals surface area contributed by atoms with Gasteiger partial charge in [-0.3, -0.25) is 4.79 Å². The summed E-state index contributed by atoms with van der Waals surface area (Å²) in [5.41, 5.74) is 2.88. The molecule has 2 aromatic rings. The van der Waals surface area contributed by atoms with E-state index in [4.69, 9.17) is 9.84 Å². The standard InChI is InChI=1S/C18H20N4O4/c1-12-7-8-22(20-12)14-5-3-13(4-6-14)19-16-15(18(25)26-2)11-21(9-10-23)17(16)24/h3-8,19,23H,9-11H2,1-2H3. The molecular weight excluding hydrogens is 336 g/mol. The molecular formula is C18H20N4O4. The predicted molar refractivity (Wildman–Crippen MR) is 94.6 cm³/mol. The van der Waals surface area contributed by atoms with Crippen molar-refractivity contribution in [3.63, 3.8) is 0 Å². The van der Waals surface area contributed by atoms with Crippen LogP contribution in [0.5, 0.6) is 0 Å². The molecule has 2 N–H and O–H groups in total. The number of hydrogen-bond donors (Lipinski definition) is 2. The first kappa shape index (κ1) is 17.7. The van der Waals surface area contributed by atoms with E-state index in [1.54, 1.807) is 16.8 Å².